The number of hydrogen-bond acceptors (Lipinski definition) is 4. The summed E-state index contributed by atoms with van der Waals surface area (Å²) in [6.07, 6.45) is 2.97. The normalized spacial score (nSPS) is 13.3. The van der Waals surface area contributed by atoms with Crippen molar-refractivity contribution in [3.63, 3.8) is 0 Å². The molecule has 152 valence electrons. The quantitative estimate of drug-likeness (QED) is 0.572. The topological polar surface area (TPSA) is 72.6 Å². The Labute approximate surface area is 168 Å². The monoisotopic (exact) mass is 383 g/mol. The summed E-state index contributed by atoms with van der Waals surface area (Å²) in [5, 5.41) is 9.31. The lowest BCUT2D eigenvalue weighted by Crippen LogP contribution is -2.47. The van der Waals surface area contributed by atoms with E-state index in [0.29, 0.717) is 26.1 Å². The van der Waals surface area contributed by atoms with Gasteiger partial charge in [-0.05, 0) is 44.2 Å². The van der Waals surface area contributed by atoms with Gasteiger partial charge in [0.1, 0.15) is 0 Å². The van der Waals surface area contributed by atoms with E-state index in [9.17, 15) is 9.90 Å². The van der Waals surface area contributed by atoms with Crippen molar-refractivity contribution in [3.8, 4) is 0 Å². The molecule has 0 amide bonds. The van der Waals surface area contributed by atoms with Crippen LogP contribution in [0.1, 0.15) is 58.8 Å². The summed E-state index contributed by atoms with van der Waals surface area (Å²) in [4.78, 5) is 12.4. The van der Waals surface area contributed by atoms with Crippen LogP contribution < -0.4 is 5.73 Å². The average molecular weight is 384 g/mol. The van der Waals surface area contributed by atoms with Crippen LogP contribution in [0.3, 0.4) is 0 Å². The van der Waals surface area contributed by atoms with E-state index < -0.39 is 5.54 Å². The number of nitrogens with two attached hydrogens (primary N) is 1. The van der Waals surface area contributed by atoms with Gasteiger partial charge in [0.05, 0.1) is 25.4 Å². The number of carbonyl (C=O) groups excluding carboxylic acids is 1. The molecular formula is C24H33NO3. The molecule has 2 aromatic carbocycles. The van der Waals surface area contributed by atoms with Crippen LogP contribution in [0.4, 0.5) is 0 Å². The van der Waals surface area contributed by atoms with Crippen molar-refractivity contribution in [2.75, 3.05) is 13.2 Å². The minimum atomic E-state index is -0.689. The molecule has 0 fully saturated rings. The number of aliphatic hydroxyl groups excluding tert-OH is 1. The largest absolute Gasteiger partial charge is 0.394 e. The molecule has 0 aliphatic heterocycles. The third-order valence-electron chi connectivity index (χ3n) is 5.10. The Bertz CT molecular complexity index is 744. The van der Waals surface area contributed by atoms with Crippen molar-refractivity contribution in [2.45, 2.75) is 58.6 Å². The Morgan fingerprint density at radius 1 is 1.07 bits per heavy atom. The van der Waals surface area contributed by atoms with Crippen LogP contribution in [0.25, 0.3) is 0 Å². The highest BCUT2D eigenvalue weighted by molar-refractivity contribution is 5.96. The van der Waals surface area contributed by atoms with Crippen LogP contribution in [0.2, 0.25) is 0 Å². The van der Waals surface area contributed by atoms with E-state index >= 15 is 0 Å². The summed E-state index contributed by atoms with van der Waals surface area (Å²) in [6, 6.07) is 14.1. The fraction of sp³-hybridized carbons (Fsp3) is 0.458. The van der Waals surface area contributed by atoms with E-state index in [-0.39, 0.29) is 12.4 Å². The van der Waals surface area contributed by atoms with Crippen LogP contribution >= 0.6 is 0 Å². The highest BCUT2D eigenvalue weighted by atomic mass is 16.5. The molecule has 0 aromatic heterocycles. The summed E-state index contributed by atoms with van der Waals surface area (Å²) < 4.78 is 5.63. The summed E-state index contributed by atoms with van der Waals surface area (Å²) in [5.74, 6) is 0.170. The lowest BCUT2D eigenvalue weighted by atomic mass is 9.99. The van der Waals surface area contributed by atoms with Crippen molar-refractivity contribution >= 4 is 5.78 Å². The molecule has 3 N–H and O–H groups in total. The predicted octanol–water partition coefficient (Wildman–Crippen LogP) is 4.13. The fourth-order valence-electron chi connectivity index (χ4n) is 3.23. The van der Waals surface area contributed by atoms with Crippen molar-refractivity contribution in [1.29, 1.82) is 0 Å². The van der Waals surface area contributed by atoms with E-state index in [4.69, 9.17) is 10.5 Å². The summed E-state index contributed by atoms with van der Waals surface area (Å²) in [5.41, 5.74) is 10.9. The Balaban J connectivity index is 1.79. The molecular weight excluding hydrogens is 350 g/mol. The van der Waals surface area contributed by atoms with Crippen molar-refractivity contribution in [3.05, 3.63) is 70.3 Å². The molecule has 0 heterocycles. The Morgan fingerprint density at radius 2 is 1.71 bits per heavy atom. The Hall–Kier alpha value is -2.01. The zero-order valence-electron chi connectivity index (χ0n) is 17.3. The van der Waals surface area contributed by atoms with Gasteiger partial charge in [-0.2, -0.15) is 0 Å². The van der Waals surface area contributed by atoms with Crippen LogP contribution in [0, 0.1) is 13.8 Å². The highest BCUT2D eigenvalue weighted by Gasteiger charge is 2.21. The number of Topliss-reactive ketones (excluding diaryl/α,β-unsaturated/α-hetero) is 1. The SMILES string of the molecule is CCC(N)(CO)COCc1ccc(C(=O)CCCc2cc(C)cc(C)c2)cc1. The number of ether oxygens (including phenoxy) is 1. The minimum absolute atomic E-state index is 0.0982. The smallest absolute Gasteiger partial charge is 0.162 e. The Morgan fingerprint density at radius 3 is 2.29 bits per heavy atom. The lowest BCUT2D eigenvalue weighted by Gasteiger charge is -2.25. The molecule has 0 spiro atoms. The molecule has 2 rings (SSSR count). The van der Waals surface area contributed by atoms with Gasteiger partial charge in [-0.1, -0.05) is 60.5 Å². The summed E-state index contributed by atoms with van der Waals surface area (Å²) >= 11 is 0. The molecule has 4 nitrogen and oxygen atoms in total. The number of hydrogen-bond donors (Lipinski definition) is 2. The number of rotatable bonds is 11. The molecule has 0 saturated carbocycles. The van der Waals surface area contributed by atoms with Gasteiger partial charge in [0.25, 0.3) is 0 Å². The van der Waals surface area contributed by atoms with Crippen molar-refractivity contribution < 1.29 is 14.6 Å². The first-order chi connectivity index (χ1) is 13.3. The maximum absolute atomic E-state index is 12.4. The second kappa shape index (κ2) is 10.5. The van der Waals surface area contributed by atoms with E-state index in [2.05, 4.69) is 32.0 Å². The van der Waals surface area contributed by atoms with Crippen LogP contribution in [-0.4, -0.2) is 29.6 Å². The van der Waals surface area contributed by atoms with Gasteiger partial charge in [0.15, 0.2) is 5.78 Å². The maximum Gasteiger partial charge on any atom is 0.162 e. The zero-order chi connectivity index (χ0) is 20.6. The Kier molecular flexibility index (Phi) is 8.36. The maximum atomic E-state index is 12.4. The number of ketones is 1. The molecule has 0 aliphatic rings. The first kappa shape index (κ1) is 22.3. The third-order valence-corrected chi connectivity index (χ3v) is 5.10. The molecule has 0 aliphatic carbocycles. The molecule has 28 heavy (non-hydrogen) atoms. The molecule has 1 atom stereocenters. The summed E-state index contributed by atoms with van der Waals surface area (Å²) in [6.45, 7) is 6.76. The minimum Gasteiger partial charge on any atom is -0.394 e. The molecule has 0 saturated heterocycles. The molecule has 4 heteroatoms. The second-order valence-electron chi connectivity index (χ2n) is 7.84. The van der Waals surface area contributed by atoms with Crippen molar-refractivity contribution in [1.82, 2.24) is 0 Å². The van der Waals surface area contributed by atoms with Gasteiger partial charge < -0.3 is 15.6 Å². The van der Waals surface area contributed by atoms with E-state index in [1.807, 2.05) is 31.2 Å². The number of aryl methyl sites for hydroxylation is 3. The van der Waals surface area contributed by atoms with Gasteiger partial charge in [0.2, 0.25) is 0 Å². The van der Waals surface area contributed by atoms with Gasteiger partial charge in [-0.25, -0.2) is 0 Å². The van der Waals surface area contributed by atoms with E-state index in [1.54, 1.807) is 0 Å². The molecule has 2 aromatic rings. The van der Waals surface area contributed by atoms with E-state index in [0.717, 1.165) is 24.0 Å². The molecule has 1 unspecified atom stereocenters. The highest BCUT2D eigenvalue weighted by Crippen LogP contribution is 2.15. The fourth-order valence-corrected chi connectivity index (χ4v) is 3.23. The first-order valence-corrected chi connectivity index (χ1v) is 10.0. The van der Waals surface area contributed by atoms with Gasteiger partial charge in [-0.3, -0.25) is 4.79 Å². The first-order valence-electron chi connectivity index (χ1n) is 10.0. The molecule has 0 bridgehead atoms. The van der Waals surface area contributed by atoms with Gasteiger partial charge in [0, 0.05) is 12.0 Å². The summed E-state index contributed by atoms with van der Waals surface area (Å²) in [7, 11) is 0. The predicted molar refractivity (Wildman–Crippen MR) is 114 cm³/mol. The number of benzene rings is 2. The van der Waals surface area contributed by atoms with Gasteiger partial charge >= 0.3 is 0 Å². The average Bonchev–Trinajstić information content (AvgIpc) is 2.67. The number of aliphatic hydroxyl groups is 1. The second-order valence-corrected chi connectivity index (χ2v) is 7.84. The molecule has 0 radical (unpaired) electrons. The van der Waals surface area contributed by atoms with E-state index in [1.165, 1.54) is 16.7 Å². The number of carbonyl (C=O) groups is 1. The zero-order valence-corrected chi connectivity index (χ0v) is 17.3. The van der Waals surface area contributed by atoms with Crippen LogP contribution in [0.5, 0.6) is 0 Å². The lowest BCUT2D eigenvalue weighted by molar-refractivity contribution is 0.0440. The standard InChI is InChI=1S/C24H33NO3/c1-4-24(25,16-26)17-28-15-20-8-10-22(11-9-20)23(27)7-5-6-21-13-18(2)12-19(3)14-21/h8-14,26H,4-7,15-17,25H2,1-3H3. The van der Waals surface area contributed by atoms with Crippen LogP contribution in [-0.2, 0) is 17.8 Å². The van der Waals surface area contributed by atoms with Gasteiger partial charge in [-0.15, -0.1) is 0 Å². The van der Waals surface area contributed by atoms with Crippen LogP contribution in [0.15, 0.2) is 42.5 Å². The van der Waals surface area contributed by atoms with Crippen molar-refractivity contribution in [2.24, 2.45) is 5.73 Å². The third kappa shape index (κ3) is 6.86.